The van der Waals surface area contributed by atoms with Crippen LogP contribution >= 0.6 is 0 Å². The smallest absolute Gasteiger partial charge is 0.119 e. The number of hydrogen-bond donors (Lipinski definition) is 1. The molecule has 0 aliphatic carbocycles. The maximum Gasteiger partial charge on any atom is 0.119 e. The third-order valence-electron chi connectivity index (χ3n) is 3.39. The van der Waals surface area contributed by atoms with Crippen LogP contribution in [0.2, 0.25) is 0 Å². The molecule has 0 fully saturated rings. The molecule has 2 rings (SSSR count). The van der Waals surface area contributed by atoms with Gasteiger partial charge in [0.15, 0.2) is 0 Å². The van der Waals surface area contributed by atoms with E-state index in [-0.39, 0.29) is 0 Å². The largest absolute Gasteiger partial charge is 0.489 e. The first-order valence-corrected chi connectivity index (χ1v) is 7.33. The molecule has 2 aromatic carbocycles. The fourth-order valence-electron chi connectivity index (χ4n) is 2.28. The number of nitrogens with one attached hydrogen (secondary N) is 1. The summed E-state index contributed by atoms with van der Waals surface area (Å²) in [5, 5.41) is 3.49. The fraction of sp³-hybridized carbons (Fsp3) is 0.333. The highest BCUT2D eigenvalue weighted by molar-refractivity contribution is 5.29. The molecule has 2 nitrogen and oxygen atoms in total. The minimum absolute atomic E-state index is 0.433. The van der Waals surface area contributed by atoms with Gasteiger partial charge in [-0.05, 0) is 36.2 Å². The van der Waals surface area contributed by atoms with E-state index in [2.05, 4.69) is 55.6 Å². The highest BCUT2D eigenvalue weighted by Gasteiger charge is 2.07. The molecule has 2 aromatic rings. The lowest BCUT2D eigenvalue weighted by molar-refractivity contribution is 0.306. The van der Waals surface area contributed by atoms with Gasteiger partial charge in [0.2, 0.25) is 0 Å². The van der Waals surface area contributed by atoms with Crippen LogP contribution in [-0.4, -0.2) is 6.54 Å². The molecular formula is C18H23NO. The molecule has 0 saturated carbocycles. The van der Waals surface area contributed by atoms with E-state index in [1.54, 1.807) is 0 Å². The van der Waals surface area contributed by atoms with E-state index in [9.17, 15) is 0 Å². The molecule has 0 unspecified atom stereocenters. The van der Waals surface area contributed by atoms with Gasteiger partial charge in [0.1, 0.15) is 12.4 Å². The van der Waals surface area contributed by atoms with E-state index in [1.165, 1.54) is 11.1 Å². The Bertz CT molecular complexity index is 493. The van der Waals surface area contributed by atoms with Crippen LogP contribution in [0.1, 0.15) is 37.4 Å². The number of rotatable bonds is 7. The Morgan fingerprint density at radius 1 is 0.950 bits per heavy atom. The summed E-state index contributed by atoms with van der Waals surface area (Å²) in [6, 6.07) is 19.1. The number of benzene rings is 2. The van der Waals surface area contributed by atoms with Crippen molar-refractivity contribution in [2.45, 2.75) is 32.9 Å². The highest BCUT2D eigenvalue weighted by atomic mass is 16.5. The zero-order chi connectivity index (χ0) is 14.2. The first kappa shape index (κ1) is 14.6. The minimum Gasteiger partial charge on any atom is -0.489 e. The van der Waals surface area contributed by atoms with Gasteiger partial charge in [-0.3, -0.25) is 0 Å². The molecular weight excluding hydrogens is 246 g/mol. The molecule has 2 heteroatoms. The van der Waals surface area contributed by atoms with E-state index in [4.69, 9.17) is 4.74 Å². The van der Waals surface area contributed by atoms with Crippen molar-refractivity contribution in [1.29, 1.82) is 0 Å². The second kappa shape index (κ2) is 7.71. The standard InChI is InChI=1S/C18H23NO/c1-3-18(19-4-2)16-10-12-17(13-11-16)20-14-15-8-6-5-7-9-15/h5-13,18-19H,3-4,14H2,1-2H3/t18-/m1/s1. The van der Waals surface area contributed by atoms with Crippen LogP contribution in [0.25, 0.3) is 0 Å². The van der Waals surface area contributed by atoms with Crippen LogP contribution in [0.3, 0.4) is 0 Å². The quantitative estimate of drug-likeness (QED) is 0.808. The predicted molar refractivity (Wildman–Crippen MR) is 83.9 cm³/mol. The topological polar surface area (TPSA) is 21.3 Å². The SMILES string of the molecule is CCN[C@H](CC)c1ccc(OCc2ccccc2)cc1. The summed E-state index contributed by atoms with van der Waals surface area (Å²) in [6.45, 7) is 5.95. The Kier molecular flexibility index (Phi) is 5.63. The lowest BCUT2D eigenvalue weighted by atomic mass is 10.0. The van der Waals surface area contributed by atoms with Crippen LogP contribution < -0.4 is 10.1 Å². The van der Waals surface area contributed by atoms with Crippen LogP contribution in [0.15, 0.2) is 54.6 Å². The Labute approximate surface area is 121 Å². The highest BCUT2D eigenvalue weighted by Crippen LogP contribution is 2.20. The van der Waals surface area contributed by atoms with Gasteiger partial charge in [0, 0.05) is 6.04 Å². The van der Waals surface area contributed by atoms with Gasteiger partial charge in [0.05, 0.1) is 0 Å². The molecule has 0 bridgehead atoms. The predicted octanol–water partition coefficient (Wildman–Crippen LogP) is 4.33. The van der Waals surface area contributed by atoms with E-state index in [1.807, 2.05) is 18.2 Å². The van der Waals surface area contributed by atoms with E-state index >= 15 is 0 Å². The fourth-order valence-corrected chi connectivity index (χ4v) is 2.28. The molecule has 0 heterocycles. The molecule has 0 radical (unpaired) electrons. The van der Waals surface area contributed by atoms with Gasteiger partial charge in [-0.15, -0.1) is 0 Å². The summed E-state index contributed by atoms with van der Waals surface area (Å²) in [4.78, 5) is 0. The molecule has 1 atom stereocenters. The minimum atomic E-state index is 0.433. The van der Waals surface area contributed by atoms with Crippen LogP contribution in [0, 0.1) is 0 Å². The zero-order valence-corrected chi connectivity index (χ0v) is 12.3. The first-order valence-electron chi connectivity index (χ1n) is 7.33. The lowest BCUT2D eigenvalue weighted by Crippen LogP contribution is -2.19. The molecule has 0 saturated heterocycles. The van der Waals surface area contributed by atoms with E-state index in [0.717, 1.165) is 18.7 Å². The van der Waals surface area contributed by atoms with Crippen molar-refractivity contribution in [3.05, 3.63) is 65.7 Å². The van der Waals surface area contributed by atoms with Gasteiger partial charge < -0.3 is 10.1 Å². The second-order valence-corrected chi connectivity index (χ2v) is 4.86. The maximum atomic E-state index is 5.80. The summed E-state index contributed by atoms with van der Waals surface area (Å²) in [7, 11) is 0. The number of ether oxygens (including phenoxy) is 1. The third-order valence-corrected chi connectivity index (χ3v) is 3.39. The van der Waals surface area contributed by atoms with Crippen molar-refractivity contribution in [3.8, 4) is 5.75 Å². The molecule has 0 aliphatic heterocycles. The van der Waals surface area contributed by atoms with Crippen molar-refractivity contribution in [2.75, 3.05) is 6.54 Å². The normalized spacial score (nSPS) is 12.1. The molecule has 1 N–H and O–H groups in total. The van der Waals surface area contributed by atoms with Crippen molar-refractivity contribution in [3.63, 3.8) is 0 Å². The molecule has 0 amide bonds. The molecule has 106 valence electrons. The van der Waals surface area contributed by atoms with Gasteiger partial charge in [-0.2, -0.15) is 0 Å². The summed E-state index contributed by atoms with van der Waals surface area (Å²) >= 11 is 0. The molecule has 0 aromatic heterocycles. The van der Waals surface area contributed by atoms with Gasteiger partial charge in [-0.1, -0.05) is 56.3 Å². The molecule has 0 spiro atoms. The number of hydrogen-bond acceptors (Lipinski definition) is 2. The van der Waals surface area contributed by atoms with Crippen LogP contribution in [0.5, 0.6) is 5.75 Å². The molecule has 20 heavy (non-hydrogen) atoms. The average Bonchev–Trinajstić information content (AvgIpc) is 2.52. The van der Waals surface area contributed by atoms with Gasteiger partial charge in [-0.25, -0.2) is 0 Å². The van der Waals surface area contributed by atoms with Crippen molar-refractivity contribution in [2.24, 2.45) is 0 Å². The average molecular weight is 269 g/mol. The molecule has 0 aliphatic rings. The summed E-state index contributed by atoms with van der Waals surface area (Å²) < 4.78 is 5.80. The Morgan fingerprint density at radius 3 is 2.25 bits per heavy atom. The Balaban J connectivity index is 1.94. The zero-order valence-electron chi connectivity index (χ0n) is 12.3. The van der Waals surface area contributed by atoms with Crippen molar-refractivity contribution >= 4 is 0 Å². The van der Waals surface area contributed by atoms with Gasteiger partial charge in [0.25, 0.3) is 0 Å². The van der Waals surface area contributed by atoms with Crippen LogP contribution in [0.4, 0.5) is 0 Å². The summed E-state index contributed by atoms with van der Waals surface area (Å²) in [5.74, 6) is 0.920. The van der Waals surface area contributed by atoms with E-state index < -0.39 is 0 Å². The van der Waals surface area contributed by atoms with Gasteiger partial charge >= 0.3 is 0 Å². The first-order chi connectivity index (χ1) is 9.83. The summed E-state index contributed by atoms with van der Waals surface area (Å²) in [6.07, 6.45) is 1.10. The van der Waals surface area contributed by atoms with Crippen molar-refractivity contribution < 1.29 is 4.74 Å². The van der Waals surface area contributed by atoms with Crippen LogP contribution in [-0.2, 0) is 6.61 Å². The van der Waals surface area contributed by atoms with Crippen molar-refractivity contribution in [1.82, 2.24) is 5.32 Å². The Morgan fingerprint density at radius 2 is 1.65 bits per heavy atom. The maximum absolute atomic E-state index is 5.80. The third kappa shape index (κ3) is 4.10. The monoisotopic (exact) mass is 269 g/mol. The van der Waals surface area contributed by atoms with E-state index in [0.29, 0.717) is 12.6 Å². The lowest BCUT2D eigenvalue weighted by Gasteiger charge is -2.16. The Hall–Kier alpha value is -1.80. The summed E-state index contributed by atoms with van der Waals surface area (Å²) in [5.41, 5.74) is 2.51. The second-order valence-electron chi connectivity index (χ2n) is 4.86.